The number of hydrogen-bond acceptors (Lipinski definition) is 3. The highest BCUT2D eigenvalue weighted by atomic mass is 16.3. The zero-order valence-electron chi connectivity index (χ0n) is 14.2. The van der Waals surface area contributed by atoms with Gasteiger partial charge in [0.05, 0.1) is 12.8 Å². The molecule has 0 atom stereocenters. The monoisotopic (exact) mass is 292 g/mol. The Hall–Kier alpha value is -0.800. The SMILES string of the molecule is CCCNCc1coc(CN2CCC(C(C)(C)C)CC2)c1. The summed E-state index contributed by atoms with van der Waals surface area (Å²) in [5, 5.41) is 3.42. The maximum absolute atomic E-state index is 5.71. The Kier molecular flexibility index (Phi) is 5.88. The van der Waals surface area contributed by atoms with E-state index in [2.05, 4.69) is 44.0 Å². The Balaban J connectivity index is 1.76. The van der Waals surface area contributed by atoms with Crippen LogP contribution in [0.2, 0.25) is 0 Å². The third-order valence-corrected chi connectivity index (χ3v) is 4.66. The Morgan fingerprint density at radius 2 is 2.00 bits per heavy atom. The van der Waals surface area contributed by atoms with Crippen LogP contribution in [0.1, 0.15) is 58.3 Å². The molecule has 0 saturated carbocycles. The molecule has 3 nitrogen and oxygen atoms in total. The number of nitrogens with one attached hydrogen (secondary N) is 1. The van der Waals surface area contributed by atoms with Gasteiger partial charge in [0.1, 0.15) is 5.76 Å². The van der Waals surface area contributed by atoms with Gasteiger partial charge in [0.25, 0.3) is 0 Å². The first-order chi connectivity index (χ1) is 9.99. The number of likely N-dealkylation sites (tertiary alicyclic amines) is 1. The van der Waals surface area contributed by atoms with Gasteiger partial charge in [-0.15, -0.1) is 0 Å². The van der Waals surface area contributed by atoms with Gasteiger partial charge in [-0.1, -0.05) is 27.7 Å². The average Bonchev–Trinajstić information content (AvgIpc) is 2.86. The van der Waals surface area contributed by atoms with Crippen molar-refractivity contribution in [2.45, 2.75) is 60.0 Å². The zero-order valence-corrected chi connectivity index (χ0v) is 14.2. The number of hydrogen-bond donors (Lipinski definition) is 1. The summed E-state index contributed by atoms with van der Waals surface area (Å²) in [5.74, 6) is 1.97. The second-order valence-electron chi connectivity index (χ2n) is 7.51. The third-order valence-electron chi connectivity index (χ3n) is 4.66. The molecule has 3 heteroatoms. The number of nitrogens with zero attached hydrogens (tertiary/aromatic N) is 1. The van der Waals surface area contributed by atoms with Crippen molar-refractivity contribution < 1.29 is 4.42 Å². The summed E-state index contributed by atoms with van der Waals surface area (Å²) < 4.78 is 5.71. The average molecular weight is 292 g/mol. The van der Waals surface area contributed by atoms with Gasteiger partial charge in [-0.05, 0) is 56.3 Å². The highest BCUT2D eigenvalue weighted by Crippen LogP contribution is 2.34. The van der Waals surface area contributed by atoms with Crippen molar-refractivity contribution in [1.29, 1.82) is 0 Å². The molecule has 0 bridgehead atoms. The minimum absolute atomic E-state index is 0.453. The van der Waals surface area contributed by atoms with E-state index in [-0.39, 0.29) is 0 Å². The Morgan fingerprint density at radius 1 is 1.29 bits per heavy atom. The largest absolute Gasteiger partial charge is 0.468 e. The summed E-state index contributed by atoms with van der Waals surface area (Å²) in [5.41, 5.74) is 1.72. The molecule has 1 aromatic heterocycles. The molecule has 1 aliphatic heterocycles. The highest BCUT2D eigenvalue weighted by Gasteiger charge is 2.28. The molecule has 1 saturated heterocycles. The summed E-state index contributed by atoms with van der Waals surface area (Å²) in [6, 6.07) is 2.21. The molecule has 0 radical (unpaired) electrons. The van der Waals surface area contributed by atoms with E-state index in [1.165, 1.54) is 37.9 Å². The molecule has 2 rings (SSSR count). The van der Waals surface area contributed by atoms with Gasteiger partial charge in [0.2, 0.25) is 0 Å². The first-order valence-electron chi connectivity index (χ1n) is 8.48. The van der Waals surface area contributed by atoms with E-state index < -0.39 is 0 Å². The van der Waals surface area contributed by atoms with E-state index >= 15 is 0 Å². The van der Waals surface area contributed by atoms with Crippen molar-refractivity contribution in [3.8, 4) is 0 Å². The van der Waals surface area contributed by atoms with Gasteiger partial charge in [-0.2, -0.15) is 0 Å². The maximum Gasteiger partial charge on any atom is 0.118 e. The van der Waals surface area contributed by atoms with Crippen molar-refractivity contribution in [3.63, 3.8) is 0 Å². The van der Waals surface area contributed by atoms with Gasteiger partial charge < -0.3 is 9.73 Å². The van der Waals surface area contributed by atoms with E-state index in [1.807, 2.05) is 6.26 Å². The maximum atomic E-state index is 5.71. The molecule has 0 amide bonds. The zero-order chi connectivity index (χ0) is 15.3. The molecule has 2 heterocycles. The van der Waals surface area contributed by atoms with E-state index in [1.54, 1.807) is 0 Å². The van der Waals surface area contributed by atoms with Gasteiger partial charge in [-0.3, -0.25) is 4.90 Å². The van der Waals surface area contributed by atoms with Crippen molar-refractivity contribution >= 4 is 0 Å². The second-order valence-corrected chi connectivity index (χ2v) is 7.51. The molecule has 1 N–H and O–H groups in total. The molecule has 1 aromatic rings. The van der Waals surface area contributed by atoms with Crippen molar-refractivity contribution in [1.82, 2.24) is 10.2 Å². The van der Waals surface area contributed by atoms with E-state index in [4.69, 9.17) is 4.42 Å². The van der Waals surface area contributed by atoms with E-state index in [0.717, 1.165) is 31.3 Å². The predicted octanol–water partition coefficient (Wildman–Crippen LogP) is 4.04. The molecule has 0 aromatic carbocycles. The first-order valence-corrected chi connectivity index (χ1v) is 8.48. The van der Waals surface area contributed by atoms with Crippen LogP contribution in [0, 0.1) is 11.3 Å². The molecule has 0 spiro atoms. The molecule has 0 aliphatic carbocycles. The molecular formula is C18H32N2O. The number of rotatable bonds is 6. The second kappa shape index (κ2) is 7.46. The minimum Gasteiger partial charge on any atom is -0.468 e. The summed E-state index contributed by atoms with van der Waals surface area (Å²) in [4.78, 5) is 2.53. The van der Waals surface area contributed by atoms with Crippen LogP contribution in [0.3, 0.4) is 0 Å². The predicted molar refractivity (Wildman–Crippen MR) is 88.2 cm³/mol. The molecular weight excluding hydrogens is 260 g/mol. The summed E-state index contributed by atoms with van der Waals surface area (Å²) in [6.07, 6.45) is 5.71. The summed E-state index contributed by atoms with van der Waals surface area (Å²) in [6.45, 7) is 14.7. The van der Waals surface area contributed by atoms with Crippen LogP contribution in [0.4, 0.5) is 0 Å². The van der Waals surface area contributed by atoms with Crippen LogP contribution in [0.5, 0.6) is 0 Å². The first kappa shape index (κ1) is 16.6. The minimum atomic E-state index is 0.453. The lowest BCUT2D eigenvalue weighted by molar-refractivity contribution is 0.103. The van der Waals surface area contributed by atoms with E-state index in [9.17, 15) is 0 Å². The van der Waals surface area contributed by atoms with Crippen LogP contribution in [-0.2, 0) is 13.1 Å². The normalized spacial score (nSPS) is 18.3. The third kappa shape index (κ3) is 5.15. The van der Waals surface area contributed by atoms with Gasteiger partial charge >= 0.3 is 0 Å². The topological polar surface area (TPSA) is 28.4 Å². The smallest absolute Gasteiger partial charge is 0.118 e. The van der Waals surface area contributed by atoms with Gasteiger partial charge in [0.15, 0.2) is 0 Å². The standard InChI is InChI=1S/C18H32N2O/c1-5-8-19-12-15-11-17(21-14-15)13-20-9-6-16(7-10-20)18(2,3)4/h11,14,16,19H,5-10,12-13H2,1-4H3. The van der Waals surface area contributed by atoms with Gasteiger partial charge in [-0.25, -0.2) is 0 Å². The van der Waals surface area contributed by atoms with Crippen molar-refractivity contribution in [2.75, 3.05) is 19.6 Å². The van der Waals surface area contributed by atoms with E-state index in [0.29, 0.717) is 5.41 Å². The lowest BCUT2D eigenvalue weighted by Gasteiger charge is -2.38. The fourth-order valence-corrected chi connectivity index (χ4v) is 3.19. The quantitative estimate of drug-likeness (QED) is 0.802. The Bertz CT molecular complexity index is 411. The van der Waals surface area contributed by atoms with Crippen LogP contribution in [0.15, 0.2) is 16.7 Å². The van der Waals surface area contributed by atoms with Crippen molar-refractivity contribution in [2.24, 2.45) is 11.3 Å². The molecule has 21 heavy (non-hydrogen) atoms. The number of furan rings is 1. The van der Waals surface area contributed by atoms with Gasteiger partial charge in [0, 0.05) is 12.1 Å². The van der Waals surface area contributed by atoms with Crippen LogP contribution in [-0.4, -0.2) is 24.5 Å². The molecule has 120 valence electrons. The molecule has 0 unspecified atom stereocenters. The molecule has 1 fully saturated rings. The number of piperidine rings is 1. The molecule has 1 aliphatic rings. The lowest BCUT2D eigenvalue weighted by Crippen LogP contribution is -2.37. The summed E-state index contributed by atoms with van der Waals surface area (Å²) in [7, 11) is 0. The Labute approximate surface area is 130 Å². The Morgan fingerprint density at radius 3 is 2.62 bits per heavy atom. The fraction of sp³-hybridized carbons (Fsp3) is 0.778. The fourth-order valence-electron chi connectivity index (χ4n) is 3.19. The lowest BCUT2D eigenvalue weighted by atomic mass is 9.75. The van der Waals surface area contributed by atoms with Crippen molar-refractivity contribution in [3.05, 3.63) is 23.7 Å². The highest BCUT2D eigenvalue weighted by molar-refractivity contribution is 5.12. The van der Waals surface area contributed by atoms with Crippen LogP contribution in [0.25, 0.3) is 0 Å². The summed E-state index contributed by atoms with van der Waals surface area (Å²) >= 11 is 0. The van der Waals surface area contributed by atoms with Crippen LogP contribution >= 0.6 is 0 Å². The van der Waals surface area contributed by atoms with Crippen LogP contribution < -0.4 is 5.32 Å².